The summed E-state index contributed by atoms with van der Waals surface area (Å²) in [6.07, 6.45) is 3.29. The second-order valence-electron chi connectivity index (χ2n) is 7.80. The number of carbonyl (C=O) groups excluding carboxylic acids is 2. The Morgan fingerprint density at radius 3 is 2.42 bits per heavy atom. The molecule has 1 aliphatic rings. The summed E-state index contributed by atoms with van der Waals surface area (Å²) in [6.45, 7) is 0.761. The molecule has 2 heterocycles. The molecule has 1 saturated heterocycles. The monoisotopic (exact) mass is 409 g/mol. The molecule has 0 spiro atoms. The van der Waals surface area contributed by atoms with Gasteiger partial charge >= 0.3 is 0 Å². The van der Waals surface area contributed by atoms with E-state index in [1.807, 2.05) is 83.8 Å². The van der Waals surface area contributed by atoms with Crippen molar-refractivity contribution in [3.05, 3.63) is 96.2 Å². The molecule has 0 saturated carbocycles. The maximum Gasteiger partial charge on any atom is 0.227 e. The number of rotatable bonds is 6. The molecule has 5 heteroatoms. The number of nitrogens with one attached hydrogen (secondary N) is 2. The summed E-state index contributed by atoms with van der Waals surface area (Å²) in [6, 6.07) is 24.8. The van der Waals surface area contributed by atoms with Crippen LogP contribution in [0.2, 0.25) is 0 Å². The first-order valence-corrected chi connectivity index (χ1v) is 10.5. The molecule has 1 amide bonds. The smallest absolute Gasteiger partial charge is 0.227 e. The van der Waals surface area contributed by atoms with Crippen LogP contribution in [0.25, 0.3) is 10.9 Å². The van der Waals surface area contributed by atoms with Gasteiger partial charge in [0.05, 0.1) is 0 Å². The van der Waals surface area contributed by atoms with E-state index in [4.69, 9.17) is 0 Å². The molecule has 2 N–H and O–H groups in total. The van der Waals surface area contributed by atoms with E-state index in [0.717, 1.165) is 40.8 Å². The first-order valence-electron chi connectivity index (χ1n) is 10.5. The zero-order valence-corrected chi connectivity index (χ0v) is 17.0. The van der Waals surface area contributed by atoms with Gasteiger partial charge in [-0.1, -0.05) is 48.5 Å². The number of anilines is 2. The van der Waals surface area contributed by atoms with Crippen molar-refractivity contribution in [2.45, 2.75) is 18.9 Å². The predicted octanol–water partition coefficient (Wildman–Crippen LogP) is 5.33. The molecular formula is C26H23N3O2. The van der Waals surface area contributed by atoms with Gasteiger partial charge < -0.3 is 15.2 Å². The van der Waals surface area contributed by atoms with Crippen LogP contribution in [0.4, 0.5) is 11.4 Å². The normalized spacial score (nSPS) is 14.7. The van der Waals surface area contributed by atoms with Crippen LogP contribution < -0.4 is 10.2 Å². The number of nitrogens with zero attached hydrogens (tertiary/aromatic N) is 1. The van der Waals surface area contributed by atoms with Crippen molar-refractivity contribution in [2.24, 2.45) is 0 Å². The molecular weight excluding hydrogens is 386 g/mol. The number of H-pyrrole nitrogens is 1. The lowest BCUT2D eigenvalue weighted by Gasteiger charge is -2.21. The Bertz CT molecular complexity index is 1230. The Labute approximate surface area is 180 Å². The summed E-state index contributed by atoms with van der Waals surface area (Å²) in [7, 11) is 0. The number of hydrogen-bond acceptors (Lipinski definition) is 3. The number of benzene rings is 3. The summed E-state index contributed by atoms with van der Waals surface area (Å²) in [4.78, 5) is 30.6. The average Bonchev–Trinajstić information content (AvgIpc) is 3.44. The van der Waals surface area contributed by atoms with Crippen LogP contribution in [0.1, 0.15) is 34.8 Å². The van der Waals surface area contributed by atoms with Crippen molar-refractivity contribution in [1.29, 1.82) is 0 Å². The maximum atomic E-state index is 13.6. The number of ketones is 1. The van der Waals surface area contributed by atoms with E-state index >= 15 is 0 Å². The number of hydrogen-bond donors (Lipinski definition) is 2. The minimum absolute atomic E-state index is 0.00227. The molecule has 5 nitrogen and oxygen atoms in total. The number of Topliss-reactive ketones (excluding diaryl/α,β-unsaturated/α-hetero) is 1. The van der Waals surface area contributed by atoms with Crippen LogP contribution >= 0.6 is 0 Å². The first-order chi connectivity index (χ1) is 15.2. The Balaban J connectivity index is 1.46. The fourth-order valence-electron chi connectivity index (χ4n) is 4.20. The van der Waals surface area contributed by atoms with Crippen molar-refractivity contribution in [2.75, 3.05) is 16.8 Å². The van der Waals surface area contributed by atoms with Crippen LogP contribution in [0, 0.1) is 0 Å². The number of fused-ring (bicyclic) bond motifs is 1. The van der Waals surface area contributed by atoms with Crippen LogP contribution in [-0.2, 0) is 4.79 Å². The van der Waals surface area contributed by atoms with Gasteiger partial charge in [-0.25, -0.2) is 0 Å². The summed E-state index contributed by atoms with van der Waals surface area (Å²) in [5.74, 6) is 0.167. The Morgan fingerprint density at radius 2 is 1.68 bits per heavy atom. The van der Waals surface area contributed by atoms with Gasteiger partial charge in [0.2, 0.25) is 5.91 Å². The van der Waals surface area contributed by atoms with E-state index in [-0.39, 0.29) is 11.7 Å². The predicted molar refractivity (Wildman–Crippen MR) is 123 cm³/mol. The zero-order chi connectivity index (χ0) is 21.2. The second-order valence-corrected chi connectivity index (χ2v) is 7.80. The van der Waals surface area contributed by atoms with Crippen LogP contribution in [0.15, 0.2) is 85.1 Å². The molecule has 5 rings (SSSR count). The maximum absolute atomic E-state index is 13.6. The van der Waals surface area contributed by atoms with Crippen LogP contribution in [-0.4, -0.2) is 23.2 Å². The van der Waals surface area contributed by atoms with Gasteiger partial charge in [0.15, 0.2) is 5.78 Å². The van der Waals surface area contributed by atoms with Crippen LogP contribution in [0.5, 0.6) is 0 Å². The Morgan fingerprint density at radius 1 is 0.935 bits per heavy atom. The summed E-state index contributed by atoms with van der Waals surface area (Å²) in [5, 5.41) is 4.33. The summed E-state index contributed by atoms with van der Waals surface area (Å²) >= 11 is 0. The van der Waals surface area contributed by atoms with Gasteiger partial charge in [-0.3, -0.25) is 9.59 Å². The van der Waals surface area contributed by atoms with E-state index in [0.29, 0.717) is 12.0 Å². The SMILES string of the molecule is O=C(c1c[nH]c2ccccc12)[C@H](Nc1ccc(N2CCCC2=O)cc1)c1ccccc1. The molecule has 1 fully saturated rings. The highest BCUT2D eigenvalue weighted by Crippen LogP contribution is 2.29. The van der Waals surface area contributed by atoms with Gasteiger partial charge in [-0.2, -0.15) is 0 Å². The number of aromatic amines is 1. The van der Waals surface area contributed by atoms with Crippen molar-refractivity contribution >= 4 is 34.0 Å². The van der Waals surface area contributed by atoms with E-state index < -0.39 is 6.04 Å². The van der Waals surface area contributed by atoms with Crippen molar-refractivity contribution in [3.63, 3.8) is 0 Å². The summed E-state index contributed by atoms with van der Waals surface area (Å²) < 4.78 is 0. The molecule has 1 aromatic heterocycles. The van der Waals surface area contributed by atoms with E-state index in [9.17, 15) is 9.59 Å². The third-order valence-corrected chi connectivity index (χ3v) is 5.81. The van der Waals surface area contributed by atoms with Gasteiger partial charge in [0.25, 0.3) is 0 Å². The number of carbonyl (C=O) groups is 2. The van der Waals surface area contributed by atoms with Crippen LogP contribution in [0.3, 0.4) is 0 Å². The minimum atomic E-state index is -0.528. The largest absolute Gasteiger partial charge is 0.371 e. The highest BCUT2D eigenvalue weighted by molar-refractivity contribution is 6.11. The molecule has 0 bridgehead atoms. The Kier molecular flexibility index (Phi) is 5.00. The summed E-state index contributed by atoms with van der Waals surface area (Å²) in [5.41, 5.74) is 4.23. The van der Waals surface area contributed by atoms with Crippen molar-refractivity contribution in [1.82, 2.24) is 4.98 Å². The molecule has 154 valence electrons. The highest BCUT2D eigenvalue weighted by Gasteiger charge is 2.25. The van der Waals surface area contributed by atoms with Gasteiger partial charge in [-0.15, -0.1) is 0 Å². The number of aromatic nitrogens is 1. The van der Waals surface area contributed by atoms with Gasteiger partial charge in [0, 0.05) is 47.0 Å². The average molecular weight is 409 g/mol. The van der Waals surface area contributed by atoms with Gasteiger partial charge in [0.1, 0.15) is 6.04 Å². The van der Waals surface area contributed by atoms with Crippen molar-refractivity contribution in [3.8, 4) is 0 Å². The molecule has 1 atom stereocenters. The molecule has 0 unspecified atom stereocenters. The van der Waals surface area contributed by atoms with Gasteiger partial charge in [-0.05, 0) is 42.3 Å². The van der Waals surface area contributed by atoms with E-state index in [1.54, 1.807) is 6.20 Å². The highest BCUT2D eigenvalue weighted by atomic mass is 16.2. The number of amides is 1. The fraction of sp³-hybridized carbons (Fsp3) is 0.154. The topological polar surface area (TPSA) is 65.2 Å². The molecule has 0 radical (unpaired) electrons. The molecule has 0 aliphatic carbocycles. The lowest BCUT2D eigenvalue weighted by atomic mass is 9.96. The minimum Gasteiger partial charge on any atom is -0.371 e. The van der Waals surface area contributed by atoms with E-state index in [2.05, 4.69) is 10.3 Å². The standard InChI is InChI=1S/C26H23N3O2/c30-24-11-6-16-29(24)20-14-12-19(13-15-20)28-25(18-7-2-1-3-8-18)26(31)22-17-27-23-10-5-4-9-21(22)23/h1-5,7-10,12-15,17,25,27-28H,6,11,16H2/t25-/m1/s1. The lowest BCUT2D eigenvalue weighted by Crippen LogP contribution is -2.24. The zero-order valence-electron chi connectivity index (χ0n) is 17.0. The fourth-order valence-corrected chi connectivity index (χ4v) is 4.20. The molecule has 3 aromatic carbocycles. The number of para-hydroxylation sites is 1. The molecule has 4 aromatic rings. The Hall–Kier alpha value is -3.86. The third-order valence-electron chi connectivity index (χ3n) is 5.81. The lowest BCUT2D eigenvalue weighted by molar-refractivity contribution is -0.117. The van der Waals surface area contributed by atoms with E-state index in [1.165, 1.54) is 0 Å². The second kappa shape index (κ2) is 8.11. The molecule has 31 heavy (non-hydrogen) atoms. The van der Waals surface area contributed by atoms with Crippen molar-refractivity contribution < 1.29 is 9.59 Å². The third kappa shape index (κ3) is 3.70. The first kappa shape index (κ1) is 19.1. The quantitative estimate of drug-likeness (QED) is 0.423. The molecule has 1 aliphatic heterocycles.